The molecule has 2 heterocycles. The SMILES string of the molecule is FC(F)(F)c1sccc1[C@@H]1CCN1. The van der Waals surface area contributed by atoms with Gasteiger partial charge in [-0.25, -0.2) is 0 Å². The summed E-state index contributed by atoms with van der Waals surface area (Å²) >= 11 is 0.769. The highest BCUT2D eigenvalue weighted by Gasteiger charge is 2.37. The van der Waals surface area contributed by atoms with Crippen molar-refractivity contribution in [2.24, 2.45) is 0 Å². The van der Waals surface area contributed by atoms with Crippen molar-refractivity contribution in [3.8, 4) is 0 Å². The number of nitrogens with one attached hydrogen (secondary N) is 1. The fraction of sp³-hybridized carbons (Fsp3) is 0.500. The molecule has 13 heavy (non-hydrogen) atoms. The van der Waals surface area contributed by atoms with Crippen LogP contribution in [0.4, 0.5) is 13.2 Å². The summed E-state index contributed by atoms with van der Waals surface area (Å²) in [5.41, 5.74) is 0.406. The van der Waals surface area contributed by atoms with Crippen LogP contribution < -0.4 is 5.32 Å². The predicted octanol–water partition coefficient (Wildman–Crippen LogP) is 2.80. The Morgan fingerprint density at radius 2 is 2.15 bits per heavy atom. The van der Waals surface area contributed by atoms with Crippen LogP contribution in [0, 0.1) is 0 Å². The Morgan fingerprint density at radius 1 is 1.46 bits per heavy atom. The van der Waals surface area contributed by atoms with Crippen LogP contribution in [0.2, 0.25) is 0 Å². The number of thiophene rings is 1. The van der Waals surface area contributed by atoms with Gasteiger partial charge in [0, 0.05) is 6.04 Å². The van der Waals surface area contributed by atoms with E-state index in [4.69, 9.17) is 0 Å². The molecule has 0 spiro atoms. The van der Waals surface area contributed by atoms with Gasteiger partial charge in [0.1, 0.15) is 4.88 Å². The van der Waals surface area contributed by atoms with Crippen molar-refractivity contribution in [3.05, 3.63) is 21.9 Å². The Balaban J connectivity index is 2.30. The summed E-state index contributed by atoms with van der Waals surface area (Å²) in [5.74, 6) is 0. The van der Waals surface area contributed by atoms with Gasteiger partial charge in [-0.15, -0.1) is 11.3 Å². The molecule has 1 N–H and O–H groups in total. The van der Waals surface area contributed by atoms with Crippen molar-refractivity contribution < 1.29 is 13.2 Å². The lowest BCUT2D eigenvalue weighted by Gasteiger charge is -2.28. The first-order chi connectivity index (χ1) is 6.09. The van der Waals surface area contributed by atoms with E-state index in [0.29, 0.717) is 5.56 Å². The van der Waals surface area contributed by atoms with Gasteiger partial charge in [-0.05, 0) is 30.0 Å². The lowest BCUT2D eigenvalue weighted by molar-refractivity contribution is -0.135. The Hall–Kier alpha value is -0.550. The van der Waals surface area contributed by atoms with Crippen molar-refractivity contribution in [1.29, 1.82) is 0 Å². The Labute approximate surface area is 77.6 Å². The molecule has 5 heteroatoms. The van der Waals surface area contributed by atoms with Crippen molar-refractivity contribution in [3.63, 3.8) is 0 Å². The van der Waals surface area contributed by atoms with Gasteiger partial charge in [0.25, 0.3) is 0 Å². The van der Waals surface area contributed by atoms with Crippen molar-refractivity contribution in [2.45, 2.75) is 18.6 Å². The minimum absolute atomic E-state index is 0.0807. The summed E-state index contributed by atoms with van der Waals surface area (Å²) in [6.45, 7) is 0.817. The summed E-state index contributed by atoms with van der Waals surface area (Å²) in [7, 11) is 0. The first kappa shape index (κ1) is 9.02. The summed E-state index contributed by atoms with van der Waals surface area (Å²) in [5, 5.41) is 4.47. The van der Waals surface area contributed by atoms with Crippen LogP contribution in [0.25, 0.3) is 0 Å². The van der Waals surface area contributed by atoms with E-state index in [9.17, 15) is 13.2 Å². The molecule has 0 saturated carbocycles. The zero-order valence-corrected chi connectivity index (χ0v) is 7.50. The molecule has 0 bridgehead atoms. The van der Waals surface area contributed by atoms with E-state index in [0.717, 1.165) is 24.3 Å². The lowest BCUT2D eigenvalue weighted by Crippen LogP contribution is -2.35. The Morgan fingerprint density at radius 3 is 2.62 bits per heavy atom. The molecule has 0 radical (unpaired) electrons. The van der Waals surface area contributed by atoms with Gasteiger partial charge in [0.05, 0.1) is 0 Å². The van der Waals surface area contributed by atoms with Gasteiger partial charge in [0.15, 0.2) is 0 Å². The Bertz CT molecular complexity index is 301. The molecule has 1 aromatic heterocycles. The van der Waals surface area contributed by atoms with Crippen LogP contribution in [-0.2, 0) is 6.18 Å². The smallest absolute Gasteiger partial charge is 0.310 e. The van der Waals surface area contributed by atoms with Crippen molar-refractivity contribution in [2.75, 3.05) is 6.54 Å². The van der Waals surface area contributed by atoms with Crippen LogP contribution in [-0.4, -0.2) is 6.54 Å². The van der Waals surface area contributed by atoms with Gasteiger partial charge in [0.2, 0.25) is 0 Å². The molecular weight excluding hydrogens is 199 g/mol. The van der Waals surface area contributed by atoms with E-state index in [-0.39, 0.29) is 6.04 Å². The molecule has 1 aliphatic rings. The second kappa shape index (κ2) is 2.99. The number of alkyl halides is 3. The van der Waals surface area contributed by atoms with E-state index in [1.54, 1.807) is 6.07 Å². The highest BCUT2D eigenvalue weighted by molar-refractivity contribution is 7.10. The molecule has 72 valence electrons. The molecule has 1 fully saturated rings. The minimum Gasteiger partial charge on any atom is -0.310 e. The van der Waals surface area contributed by atoms with Crippen LogP contribution in [0.5, 0.6) is 0 Å². The van der Waals surface area contributed by atoms with Gasteiger partial charge in [-0.1, -0.05) is 0 Å². The first-order valence-corrected chi connectivity index (χ1v) is 4.85. The summed E-state index contributed by atoms with van der Waals surface area (Å²) < 4.78 is 37.2. The van der Waals surface area contributed by atoms with E-state index in [1.165, 1.54) is 5.38 Å². The maximum atomic E-state index is 12.4. The van der Waals surface area contributed by atoms with E-state index < -0.39 is 11.1 Å². The van der Waals surface area contributed by atoms with Crippen LogP contribution >= 0.6 is 11.3 Å². The van der Waals surface area contributed by atoms with E-state index >= 15 is 0 Å². The number of hydrogen-bond acceptors (Lipinski definition) is 2. The topological polar surface area (TPSA) is 12.0 Å². The number of rotatable bonds is 1. The molecule has 1 saturated heterocycles. The van der Waals surface area contributed by atoms with E-state index in [1.807, 2.05) is 0 Å². The highest BCUT2D eigenvalue weighted by atomic mass is 32.1. The largest absolute Gasteiger partial charge is 0.425 e. The van der Waals surface area contributed by atoms with Crippen LogP contribution in [0.15, 0.2) is 11.4 Å². The molecule has 2 rings (SSSR count). The van der Waals surface area contributed by atoms with E-state index in [2.05, 4.69) is 5.32 Å². The third-order valence-electron chi connectivity index (χ3n) is 2.15. The molecular formula is C8H8F3NS. The second-order valence-corrected chi connectivity index (χ2v) is 3.91. The molecule has 1 atom stereocenters. The standard InChI is InChI=1S/C8H8F3NS/c9-8(10,11)7-5(2-4-13-7)6-1-3-12-6/h2,4,6,12H,1,3H2/t6-/m0/s1. The molecule has 0 aliphatic carbocycles. The summed E-state index contributed by atoms with van der Waals surface area (Å²) in [4.78, 5) is -0.454. The number of halogens is 3. The summed E-state index contributed by atoms with van der Waals surface area (Å²) in [6, 6.07) is 1.48. The molecule has 1 aliphatic heterocycles. The van der Waals surface area contributed by atoms with Gasteiger partial charge in [-0.3, -0.25) is 0 Å². The lowest BCUT2D eigenvalue weighted by atomic mass is 9.98. The van der Waals surface area contributed by atoms with Crippen LogP contribution in [0.1, 0.15) is 22.9 Å². The molecule has 0 aromatic carbocycles. The van der Waals surface area contributed by atoms with Gasteiger partial charge < -0.3 is 5.32 Å². The zero-order chi connectivity index (χ0) is 9.47. The first-order valence-electron chi connectivity index (χ1n) is 3.97. The van der Waals surface area contributed by atoms with Crippen LogP contribution in [0.3, 0.4) is 0 Å². The fourth-order valence-electron chi connectivity index (χ4n) is 1.38. The maximum Gasteiger partial charge on any atom is 0.425 e. The Kier molecular flexibility index (Phi) is 2.08. The fourth-order valence-corrected chi connectivity index (χ4v) is 2.21. The average molecular weight is 207 g/mol. The summed E-state index contributed by atoms with van der Waals surface area (Å²) in [6.07, 6.45) is -3.39. The molecule has 0 unspecified atom stereocenters. The normalized spacial score (nSPS) is 22.8. The van der Waals surface area contributed by atoms with Gasteiger partial charge in [-0.2, -0.15) is 13.2 Å². The predicted molar refractivity (Wildman–Crippen MR) is 44.7 cm³/mol. The maximum absolute atomic E-state index is 12.4. The molecule has 0 amide bonds. The average Bonchev–Trinajstić information content (AvgIpc) is 2.29. The third kappa shape index (κ3) is 1.58. The van der Waals surface area contributed by atoms with Gasteiger partial charge >= 0.3 is 6.18 Å². The molecule has 1 aromatic rings. The number of hydrogen-bond donors (Lipinski definition) is 1. The van der Waals surface area contributed by atoms with Crippen molar-refractivity contribution >= 4 is 11.3 Å². The monoisotopic (exact) mass is 207 g/mol. The van der Waals surface area contributed by atoms with Crippen molar-refractivity contribution in [1.82, 2.24) is 5.32 Å². The second-order valence-electron chi connectivity index (χ2n) is 3.00. The highest BCUT2D eigenvalue weighted by Crippen LogP contribution is 2.40. The minimum atomic E-state index is -4.19. The third-order valence-corrected chi connectivity index (χ3v) is 3.13. The molecule has 1 nitrogen and oxygen atoms in total. The zero-order valence-electron chi connectivity index (χ0n) is 6.69. The quantitative estimate of drug-likeness (QED) is 0.746.